The number of para-hydroxylation sites is 4. The highest BCUT2D eigenvalue weighted by atomic mass is 15.3. The third-order valence-electron chi connectivity index (χ3n) is 11.5. The molecule has 304 valence electrons. The molecule has 8 heteroatoms. The molecular formula is C56H44B2N6. The Balaban J connectivity index is 0.960. The van der Waals surface area contributed by atoms with Gasteiger partial charge in [-0.3, -0.25) is 0 Å². The Labute approximate surface area is 377 Å². The zero-order valence-corrected chi connectivity index (χ0v) is 35.2. The van der Waals surface area contributed by atoms with Crippen molar-refractivity contribution in [2.24, 2.45) is 0 Å². The van der Waals surface area contributed by atoms with Crippen LogP contribution in [0.2, 0.25) is 0 Å². The molecule has 0 spiro atoms. The van der Waals surface area contributed by atoms with E-state index in [0.717, 1.165) is 73.7 Å². The molecule has 0 bridgehead atoms. The Kier molecular flexibility index (Phi) is 11.4. The summed E-state index contributed by atoms with van der Waals surface area (Å²) in [5, 5.41) is 7.04. The van der Waals surface area contributed by atoms with Crippen molar-refractivity contribution >= 4 is 83.1 Å². The van der Waals surface area contributed by atoms with E-state index in [2.05, 4.69) is 236 Å². The summed E-state index contributed by atoms with van der Waals surface area (Å²) in [5.41, 5.74) is 15.0. The minimum Gasteiger partial charge on any atom is -0.366 e. The number of nitrogens with one attached hydrogen (secondary N) is 2. The molecule has 0 amide bonds. The zero-order valence-electron chi connectivity index (χ0n) is 35.2. The van der Waals surface area contributed by atoms with Gasteiger partial charge in [0.05, 0.1) is 22.7 Å². The Hall–Kier alpha value is -8.35. The first-order valence-corrected chi connectivity index (χ1v) is 21.5. The summed E-state index contributed by atoms with van der Waals surface area (Å²) >= 11 is 0. The number of allylic oxidation sites excluding steroid dienone is 4. The molecule has 8 aromatic rings. The van der Waals surface area contributed by atoms with Crippen LogP contribution in [0, 0.1) is 0 Å². The van der Waals surface area contributed by atoms with Crippen molar-refractivity contribution in [1.82, 2.24) is 0 Å². The van der Waals surface area contributed by atoms with Crippen LogP contribution < -0.4 is 30.1 Å². The first-order valence-electron chi connectivity index (χ1n) is 21.5. The van der Waals surface area contributed by atoms with Crippen molar-refractivity contribution in [3.8, 4) is 11.1 Å². The van der Waals surface area contributed by atoms with Crippen LogP contribution in [0.3, 0.4) is 0 Å². The van der Waals surface area contributed by atoms with E-state index in [9.17, 15) is 0 Å². The first-order chi connectivity index (χ1) is 31.7. The summed E-state index contributed by atoms with van der Waals surface area (Å²) < 4.78 is 0. The molecule has 0 aliphatic carbocycles. The summed E-state index contributed by atoms with van der Waals surface area (Å²) in [6.45, 7) is 0.0670. The van der Waals surface area contributed by atoms with Crippen LogP contribution in [0.1, 0.15) is 0 Å². The monoisotopic (exact) mass is 822 g/mol. The van der Waals surface area contributed by atoms with E-state index < -0.39 is 0 Å². The van der Waals surface area contributed by atoms with Crippen molar-refractivity contribution in [3.63, 3.8) is 0 Å². The van der Waals surface area contributed by atoms with Crippen LogP contribution in [0.4, 0.5) is 68.2 Å². The van der Waals surface area contributed by atoms with Gasteiger partial charge in [-0.05, 0) is 139 Å². The van der Waals surface area contributed by atoms with Crippen LogP contribution in [0.15, 0.2) is 255 Å². The summed E-state index contributed by atoms with van der Waals surface area (Å²) in [7, 11) is 5.61. The lowest BCUT2D eigenvalue weighted by molar-refractivity contribution is 1.28. The highest BCUT2D eigenvalue weighted by molar-refractivity contribution is 6.76. The van der Waals surface area contributed by atoms with E-state index in [1.165, 1.54) is 11.7 Å². The number of anilines is 12. The molecule has 0 unspecified atom stereocenters. The predicted octanol–water partition coefficient (Wildman–Crippen LogP) is 14.7. The average molecular weight is 823 g/mol. The van der Waals surface area contributed by atoms with E-state index in [4.69, 9.17) is 7.85 Å². The molecule has 2 aliphatic rings. The first kappa shape index (κ1) is 39.8. The third kappa shape index (κ3) is 8.20. The van der Waals surface area contributed by atoms with Crippen LogP contribution in [0.5, 0.6) is 0 Å². The van der Waals surface area contributed by atoms with Gasteiger partial charge in [0, 0.05) is 51.7 Å². The minimum absolute atomic E-state index is 0.0670. The lowest BCUT2D eigenvalue weighted by atomic mass is 9.71. The van der Waals surface area contributed by atoms with E-state index in [1.807, 2.05) is 36.5 Å². The van der Waals surface area contributed by atoms with Crippen LogP contribution in [0.25, 0.3) is 11.1 Å². The van der Waals surface area contributed by atoms with E-state index in [-0.39, 0.29) is 6.98 Å². The van der Waals surface area contributed by atoms with Gasteiger partial charge in [-0.25, -0.2) is 0 Å². The molecule has 0 aromatic heterocycles. The maximum Gasteiger partial charge on any atom is 0.412 e. The lowest BCUT2D eigenvalue weighted by Gasteiger charge is -2.27. The van der Waals surface area contributed by atoms with Crippen molar-refractivity contribution in [2.75, 3.05) is 30.1 Å². The molecule has 2 heterocycles. The maximum atomic E-state index is 5.61. The summed E-state index contributed by atoms with van der Waals surface area (Å²) in [4.78, 5) is 9.37. The minimum atomic E-state index is 0.0670. The van der Waals surface area contributed by atoms with Crippen molar-refractivity contribution in [2.45, 2.75) is 0 Å². The number of hydrogen-bond acceptors (Lipinski definition) is 6. The van der Waals surface area contributed by atoms with Crippen molar-refractivity contribution < 1.29 is 0 Å². The number of rotatable bonds is 13. The third-order valence-corrected chi connectivity index (χ3v) is 11.5. The molecule has 0 saturated heterocycles. The molecule has 10 rings (SSSR count). The average Bonchev–Trinajstić information content (AvgIpc) is 3.69. The van der Waals surface area contributed by atoms with Gasteiger partial charge in [0.2, 0.25) is 0 Å². The largest absolute Gasteiger partial charge is 0.412 e. The Bertz CT molecular complexity index is 2960. The topological polar surface area (TPSA) is 37.0 Å². The quantitative estimate of drug-likeness (QED) is 0.0891. The highest BCUT2D eigenvalue weighted by Crippen LogP contribution is 2.48. The van der Waals surface area contributed by atoms with Gasteiger partial charge in [-0.1, -0.05) is 115 Å². The van der Waals surface area contributed by atoms with Gasteiger partial charge >= 0.3 is 6.98 Å². The molecule has 2 aliphatic heterocycles. The van der Waals surface area contributed by atoms with Gasteiger partial charge in [-0.15, -0.1) is 5.98 Å². The van der Waals surface area contributed by atoms with E-state index >= 15 is 0 Å². The van der Waals surface area contributed by atoms with Crippen molar-refractivity contribution in [3.05, 3.63) is 255 Å². The van der Waals surface area contributed by atoms with Crippen LogP contribution in [-0.4, -0.2) is 14.8 Å². The van der Waals surface area contributed by atoms with E-state index in [0.29, 0.717) is 0 Å². The molecule has 0 atom stereocenters. The fraction of sp³-hybridized carbons (Fsp3) is 0. The second-order valence-corrected chi connectivity index (χ2v) is 15.5. The molecule has 0 fully saturated rings. The second kappa shape index (κ2) is 18.3. The fourth-order valence-electron chi connectivity index (χ4n) is 8.49. The van der Waals surface area contributed by atoms with E-state index in [1.54, 1.807) is 6.08 Å². The molecule has 0 saturated carbocycles. The number of benzene rings is 8. The van der Waals surface area contributed by atoms with Gasteiger partial charge in [0.25, 0.3) is 0 Å². The van der Waals surface area contributed by atoms with Crippen LogP contribution >= 0.6 is 0 Å². The maximum absolute atomic E-state index is 5.61. The number of nitrogens with zero attached hydrogens (tertiary/aromatic N) is 4. The fourth-order valence-corrected chi connectivity index (χ4v) is 8.49. The van der Waals surface area contributed by atoms with Gasteiger partial charge in [-0.2, -0.15) is 0 Å². The highest BCUT2D eigenvalue weighted by Gasteiger charge is 2.40. The normalized spacial score (nSPS) is 12.7. The molecule has 8 aromatic carbocycles. The lowest BCUT2D eigenvalue weighted by Crippen LogP contribution is -2.42. The Morgan fingerprint density at radius 3 is 1.61 bits per heavy atom. The zero-order chi connectivity index (χ0) is 43.1. The number of hydrogen-bond donors (Lipinski definition) is 2. The SMILES string of the molecule is [B]/C=C\C=C/Nc1cc(N(c2ccccc2)c2ccc(-c3ccc(N(c4ccccc4)c4ccc5c(c4)N4C=CC=CB4N5c4ccccc4)cc3)cc2)ccc1Nc1ccccc1. The molecule has 6 nitrogen and oxygen atoms in total. The summed E-state index contributed by atoms with van der Waals surface area (Å²) in [5.74, 6) is 3.77. The summed E-state index contributed by atoms with van der Waals surface area (Å²) in [6, 6.07) is 72.8. The van der Waals surface area contributed by atoms with Crippen LogP contribution in [-0.2, 0) is 0 Å². The predicted molar refractivity (Wildman–Crippen MR) is 274 cm³/mol. The van der Waals surface area contributed by atoms with Crippen molar-refractivity contribution in [1.29, 1.82) is 0 Å². The molecule has 2 N–H and O–H groups in total. The Morgan fingerprint density at radius 1 is 0.469 bits per heavy atom. The van der Waals surface area contributed by atoms with Gasteiger partial charge in [0.1, 0.15) is 7.85 Å². The molecule has 64 heavy (non-hydrogen) atoms. The smallest absolute Gasteiger partial charge is 0.366 e. The second-order valence-electron chi connectivity index (χ2n) is 15.5. The standard InChI is InChI=1S/C56H44B2N6/c57-37-13-15-39-59-54-41-51(33-35-53(54)60-45-17-5-1-6-18-45)62(46-19-7-2-8-20-46)48-29-25-43(26-30-48)44-27-31-49(32-28-44)63(47-21-9-3-10-22-47)52-34-36-55-56(42-52)61-40-16-14-38-58(61)64(55)50-23-11-4-12-24-50/h1-42,59-60H/b37-13-,39-15-. The summed E-state index contributed by atoms with van der Waals surface area (Å²) in [6.07, 6.45) is 12.0. The Morgan fingerprint density at radius 2 is 1.00 bits per heavy atom. The van der Waals surface area contributed by atoms with Gasteiger partial charge in [0.15, 0.2) is 0 Å². The molecular weight excluding hydrogens is 778 g/mol. The van der Waals surface area contributed by atoms with Gasteiger partial charge < -0.3 is 30.1 Å². The molecule has 2 radical (unpaired) electrons. The number of fused-ring (bicyclic) bond motifs is 3.